The highest BCUT2D eigenvalue weighted by Crippen LogP contribution is 2.41. The Balaban J connectivity index is 2.14. The third-order valence-corrected chi connectivity index (χ3v) is 6.96. The van der Waals surface area contributed by atoms with Gasteiger partial charge in [0.2, 0.25) is 0 Å². The zero-order valence-electron chi connectivity index (χ0n) is 12.3. The van der Waals surface area contributed by atoms with E-state index in [-0.39, 0.29) is 5.54 Å². The van der Waals surface area contributed by atoms with Gasteiger partial charge >= 0.3 is 0 Å². The second-order valence-electron chi connectivity index (χ2n) is 6.36. The van der Waals surface area contributed by atoms with Gasteiger partial charge in [0.05, 0.1) is 0 Å². The van der Waals surface area contributed by atoms with E-state index in [0.717, 1.165) is 18.5 Å². The lowest BCUT2D eigenvalue weighted by Gasteiger charge is -2.53. The quantitative estimate of drug-likeness (QED) is 0.854. The molecule has 0 amide bonds. The van der Waals surface area contributed by atoms with Crippen molar-refractivity contribution in [3.8, 4) is 0 Å². The van der Waals surface area contributed by atoms with Gasteiger partial charge in [-0.15, -0.1) is 0 Å². The van der Waals surface area contributed by atoms with Crippen LogP contribution in [0.25, 0.3) is 0 Å². The average Bonchev–Trinajstić information content (AvgIpc) is 2.39. The molecule has 0 aromatic carbocycles. The molecule has 2 fully saturated rings. The monoisotopic (exact) mass is 270 g/mol. The second kappa shape index (κ2) is 6.15. The first-order chi connectivity index (χ1) is 8.62. The molecule has 4 unspecified atom stereocenters. The lowest BCUT2D eigenvalue weighted by atomic mass is 9.80. The van der Waals surface area contributed by atoms with Crippen molar-refractivity contribution in [1.82, 2.24) is 4.90 Å². The summed E-state index contributed by atoms with van der Waals surface area (Å²) in [5.41, 5.74) is 6.48. The van der Waals surface area contributed by atoms with E-state index in [1.165, 1.54) is 44.3 Å². The maximum Gasteiger partial charge on any atom is 0.0447 e. The molecule has 2 nitrogen and oxygen atoms in total. The minimum atomic E-state index is 0.249. The van der Waals surface area contributed by atoms with E-state index in [1.54, 1.807) is 0 Å². The lowest BCUT2D eigenvalue weighted by molar-refractivity contribution is 0.0240. The topological polar surface area (TPSA) is 29.3 Å². The Morgan fingerprint density at radius 2 is 1.94 bits per heavy atom. The minimum Gasteiger partial charge on any atom is -0.329 e. The van der Waals surface area contributed by atoms with Crippen LogP contribution in [-0.4, -0.2) is 41.1 Å². The maximum absolute atomic E-state index is 6.23. The Hall–Kier alpha value is 0.270. The zero-order chi connectivity index (χ0) is 13.2. The van der Waals surface area contributed by atoms with Gasteiger partial charge in [-0.3, -0.25) is 4.90 Å². The standard InChI is InChI=1S/C15H30N2S/c1-12-7-4-5-8-14(12)17(3)15(11-16)9-6-10-18-13(15)2/h12-14H,4-11,16H2,1-3H3. The summed E-state index contributed by atoms with van der Waals surface area (Å²) in [6, 6.07) is 0.753. The van der Waals surface area contributed by atoms with Crippen LogP contribution in [0.2, 0.25) is 0 Å². The molecule has 0 radical (unpaired) electrons. The van der Waals surface area contributed by atoms with E-state index in [1.807, 2.05) is 0 Å². The Labute approximate surface area is 117 Å². The number of rotatable bonds is 3. The number of likely N-dealkylation sites (N-methyl/N-ethyl adjacent to an activating group) is 1. The number of nitrogens with two attached hydrogens (primary N) is 1. The lowest BCUT2D eigenvalue weighted by Crippen LogP contribution is -2.63. The summed E-state index contributed by atoms with van der Waals surface area (Å²) in [4.78, 5) is 2.69. The molecular weight excluding hydrogens is 240 g/mol. The van der Waals surface area contributed by atoms with Crippen LogP contribution >= 0.6 is 11.8 Å². The Morgan fingerprint density at radius 3 is 2.56 bits per heavy atom. The van der Waals surface area contributed by atoms with Crippen LogP contribution in [0.15, 0.2) is 0 Å². The SMILES string of the molecule is CC1CCCCC1N(C)C1(CN)CCCSC1C. The van der Waals surface area contributed by atoms with Gasteiger partial charge in [0, 0.05) is 23.4 Å². The summed E-state index contributed by atoms with van der Waals surface area (Å²) >= 11 is 2.12. The van der Waals surface area contributed by atoms with Gasteiger partial charge in [-0.05, 0) is 44.4 Å². The van der Waals surface area contributed by atoms with E-state index in [2.05, 4.69) is 37.6 Å². The van der Waals surface area contributed by atoms with Crippen LogP contribution in [0.4, 0.5) is 0 Å². The summed E-state index contributed by atoms with van der Waals surface area (Å²) in [6.45, 7) is 5.65. The van der Waals surface area contributed by atoms with Gasteiger partial charge in [-0.25, -0.2) is 0 Å². The normalized spacial score (nSPS) is 42.2. The molecule has 2 rings (SSSR count). The van der Waals surface area contributed by atoms with Crippen LogP contribution in [0.3, 0.4) is 0 Å². The van der Waals surface area contributed by atoms with Crippen molar-refractivity contribution in [1.29, 1.82) is 0 Å². The number of nitrogens with zero attached hydrogens (tertiary/aromatic N) is 1. The molecule has 1 aliphatic carbocycles. The Morgan fingerprint density at radius 1 is 1.22 bits per heavy atom. The molecule has 4 atom stereocenters. The predicted octanol–water partition coefficient (Wildman–Crippen LogP) is 3.11. The first-order valence-electron chi connectivity index (χ1n) is 7.66. The average molecular weight is 270 g/mol. The van der Waals surface area contributed by atoms with Crippen molar-refractivity contribution in [3.05, 3.63) is 0 Å². The fourth-order valence-electron chi connectivity index (χ4n) is 4.07. The molecule has 0 aromatic heterocycles. The fourth-order valence-corrected chi connectivity index (χ4v) is 5.43. The molecule has 2 aliphatic rings. The molecule has 1 heterocycles. The van der Waals surface area contributed by atoms with Crippen molar-refractivity contribution in [2.24, 2.45) is 11.7 Å². The van der Waals surface area contributed by atoms with Crippen molar-refractivity contribution in [3.63, 3.8) is 0 Å². The van der Waals surface area contributed by atoms with Crippen molar-refractivity contribution >= 4 is 11.8 Å². The highest BCUT2D eigenvalue weighted by Gasteiger charge is 2.44. The molecular formula is C15H30N2S. The third kappa shape index (κ3) is 2.59. The fraction of sp³-hybridized carbons (Fsp3) is 1.00. The first-order valence-corrected chi connectivity index (χ1v) is 8.71. The minimum absolute atomic E-state index is 0.249. The van der Waals surface area contributed by atoms with Crippen LogP contribution in [0, 0.1) is 5.92 Å². The van der Waals surface area contributed by atoms with E-state index in [0.29, 0.717) is 5.25 Å². The van der Waals surface area contributed by atoms with E-state index >= 15 is 0 Å². The predicted molar refractivity (Wildman–Crippen MR) is 82.1 cm³/mol. The van der Waals surface area contributed by atoms with Crippen molar-refractivity contribution in [2.75, 3.05) is 19.3 Å². The van der Waals surface area contributed by atoms with Crippen LogP contribution in [-0.2, 0) is 0 Å². The molecule has 18 heavy (non-hydrogen) atoms. The van der Waals surface area contributed by atoms with Gasteiger partial charge in [0.25, 0.3) is 0 Å². The van der Waals surface area contributed by atoms with Gasteiger partial charge in [0.1, 0.15) is 0 Å². The number of thioether (sulfide) groups is 1. The second-order valence-corrected chi connectivity index (χ2v) is 7.81. The van der Waals surface area contributed by atoms with Crippen molar-refractivity contribution in [2.45, 2.75) is 69.2 Å². The molecule has 0 spiro atoms. The van der Waals surface area contributed by atoms with Crippen LogP contribution < -0.4 is 5.73 Å². The molecule has 1 saturated heterocycles. The van der Waals surface area contributed by atoms with Crippen molar-refractivity contribution < 1.29 is 0 Å². The maximum atomic E-state index is 6.23. The van der Waals surface area contributed by atoms with E-state index in [9.17, 15) is 0 Å². The summed E-state index contributed by atoms with van der Waals surface area (Å²) in [5.74, 6) is 2.16. The molecule has 1 aliphatic heterocycles. The Bertz CT molecular complexity index is 271. The summed E-state index contributed by atoms with van der Waals surface area (Å²) in [6.07, 6.45) is 8.22. The van der Waals surface area contributed by atoms with E-state index < -0.39 is 0 Å². The zero-order valence-corrected chi connectivity index (χ0v) is 13.1. The molecule has 2 N–H and O–H groups in total. The van der Waals surface area contributed by atoms with Gasteiger partial charge in [-0.1, -0.05) is 26.7 Å². The van der Waals surface area contributed by atoms with Gasteiger partial charge in [-0.2, -0.15) is 11.8 Å². The van der Waals surface area contributed by atoms with E-state index in [4.69, 9.17) is 5.73 Å². The van der Waals surface area contributed by atoms with Gasteiger partial charge < -0.3 is 5.73 Å². The Kier molecular flexibility index (Phi) is 5.01. The number of hydrogen-bond donors (Lipinski definition) is 1. The van der Waals surface area contributed by atoms with Crippen LogP contribution in [0.1, 0.15) is 52.4 Å². The molecule has 0 bridgehead atoms. The molecule has 1 saturated carbocycles. The first kappa shape index (κ1) is 14.7. The summed E-state index contributed by atoms with van der Waals surface area (Å²) < 4.78 is 0. The van der Waals surface area contributed by atoms with Gasteiger partial charge in [0.15, 0.2) is 0 Å². The largest absolute Gasteiger partial charge is 0.329 e. The summed E-state index contributed by atoms with van der Waals surface area (Å²) in [5, 5.41) is 0.676. The molecule has 3 heteroatoms. The summed E-state index contributed by atoms with van der Waals surface area (Å²) in [7, 11) is 2.35. The highest BCUT2D eigenvalue weighted by atomic mass is 32.2. The molecule has 0 aromatic rings. The molecule has 106 valence electrons. The van der Waals surface area contributed by atoms with Crippen LogP contribution in [0.5, 0.6) is 0 Å². The third-order valence-electron chi connectivity index (χ3n) is 5.50. The number of hydrogen-bond acceptors (Lipinski definition) is 3. The highest BCUT2D eigenvalue weighted by molar-refractivity contribution is 8.00. The smallest absolute Gasteiger partial charge is 0.0447 e.